The molecule has 0 bridgehead atoms. The molecule has 1 atom stereocenters. The summed E-state index contributed by atoms with van der Waals surface area (Å²) in [6, 6.07) is 9.87. The molecule has 1 unspecified atom stereocenters. The lowest BCUT2D eigenvalue weighted by atomic mass is 10.0. The average molecular weight is 655 g/mol. The topological polar surface area (TPSA) is 114 Å². The van der Waals surface area contributed by atoms with Gasteiger partial charge in [0.05, 0.1) is 12.1 Å². The fourth-order valence-corrected chi connectivity index (χ4v) is 4.45. The lowest BCUT2D eigenvalue weighted by Gasteiger charge is -2.19. The second-order valence-electron chi connectivity index (χ2n) is 11.0. The Labute approximate surface area is 271 Å². The predicted octanol–water partition coefficient (Wildman–Crippen LogP) is 4.98. The number of halogens is 3. The van der Waals surface area contributed by atoms with E-state index < -0.39 is 66.1 Å². The first-order valence-corrected chi connectivity index (χ1v) is 14.4. The van der Waals surface area contributed by atoms with Gasteiger partial charge in [-0.3, -0.25) is 14.4 Å². The minimum Gasteiger partial charge on any atom is -0.486 e. The van der Waals surface area contributed by atoms with Crippen molar-refractivity contribution in [2.24, 2.45) is 0 Å². The molecule has 10 nitrogen and oxygen atoms in total. The Kier molecular flexibility index (Phi) is 10.3. The molecule has 0 spiro atoms. The zero-order valence-electron chi connectivity index (χ0n) is 28.2. The molecule has 2 amide bonds. The number of hydrogen-bond donors (Lipinski definition) is 1. The van der Waals surface area contributed by atoms with Crippen LogP contribution in [-0.4, -0.2) is 71.4 Å². The van der Waals surface area contributed by atoms with Crippen LogP contribution in [0.25, 0.3) is 10.9 Å². The molecule has 13 heteroatoms. The molecule has 248 valence electrons. The van der Waals surface area contributed by atoms with E-state index in [1.165, 1.54) is 74.2 Å². The summed E-state index contributed by atoms with van der Waals surface area (Å²) >= 11 is 0. The SMILES string of the molecule is [2H]C([2H])(C/C=C/C(=O)N(C)C)C(OC(=O)N(C)C)C(=O)Cc1cccn(Cc2cc3cc(F)cc(OCc4ccc(F)cc4F)c3[nH]2)c1=O. The molecule has 47 heavy (non-hydrogen) atoms. The van der Waals surface area contributed by atoms with Crippen molar-refractivity contribution >= 4 is 28.7 Å². The normalized spacial score (nSPS) is 12.8. The van der Waals surface area contributed by atoms with Gasteiger partial charge in [-0.2, -0.15) is 0 Å². The van der Waals surface area contributed by atoms with Gasteiger partial charge >= 0.3 is 6.09 Å². The second-order valence-corrected chi connectivity index (χ2v) is 11.0. The number of ether oxygens (including phenoxy) is 2. The number of nitrogens with one attached hydrogen (secondary N) is 1. The van der Waals surface area contributed by atoms with Crippen molar-refractivity contribution in [3.8, 4) is 5.75 Å². The monoisotopic (exact) mass is 654 g/mol. The maximum absolute atomic E-state index is 14.5. The van der Waals surface area contributed by atoms with Crippen molar-refractivity contribution in [2.45, 2.75) is 38.5 Å². The van der Waals surface area contributed by atoms with E-state index in [4.69, 9.17) is 12.2 Å². The molecule has 0 aliphatic rings. The van der Waals surface area contributed by atoms with Crippen LogP contribution in [-0.2, 0) is 33.9 Å². The molecule has 2 aromatic heterocycles. The van der Waals surface area contributed by atoms with Crippen LogP contribution in [0, 0.1) is 17.5 Å². The predicted molar refractivity (Wildman–Crippen MR) is 168 cm³/mol. The highest BCUT2D eigenvalue weighted by molar-refractivity contribution is 5.88. The standard InChI is InChI=1S/C34H35F3N4O6/c1-39(2)31(43)10-6-5-9-29(47-34(45)40(3)4)28(42)16-21-8-7-13-41(33(21)44)19-26-15-23-14-25(36)18-30(32(23)38-26)46-20-22-11-12-24(35)17-27(22)37/h6-8,10-15,17-18,29,38H,5,9,16,19-20H2,1-4H3/b10-6+/i9D2. The van der Waals surface area contributed by atoms with E-state index in [0.717, 1.165) is 23.1 Å². The van der Waals surface area contributed by atoms with Crippen LogP contribution in [0.3, 0.4) is 0 Å². The summed E-state index contributed by atoms with van der Waals surface area (Å²) in [6.45, 7) is -0.352. The third-order valence-corrected chi connectivity index (χ3v) is 6.91. The molecule has 4 aromatic rings. The summed E-state index contributed by atoms with van der Waals surface area (Å²) in [6.07, 6.45) is -2.46. The van der Waals surface area contributed by atoms with Crippen LogP contribution in [0.5, 0.6) is 5.75 Å². The second kappa shape index (κ2) is 15.3. The van der Waals surface area contributed by atoms with E-state index in [2.05, 4.69) is 4.98 Å². The number of aromatic amines is 1. The molecule has 0 saturated heterocycles. The molecular weight excluding hydrogens is 617 g/mol. The van der Waals surface area contributed by atoms with Crippen molar-refractivity contribution in [3.63, 3.8) is 0 Å². The van der Waals surface area contributed by atoms with Crippen LogP contribution < -0.4 is 10.3 Å². The molecule has 0 aliphatic heterocycles. The third kappa shape index (κ3) is 9.12. The van der Waals surface area contributed by atoms with E-state index >= 15 is 0 Å². The van der Waals surface area contributed by atoms with Gasteiger partial charge in [0.25, 0.3) is 5.56 Å². The molecule has 0 fully saturated rings. The Morgan fingerprint density at radius 1 is 1.00 bits per heavy atom. The number of Topliss-reactive ketones (excluding diaryl/α,β-unsaturated/α-hetero) is 1. The Morgan fingerprint density at radius 3 is 2.47 bits per heavy atom. The lowest BCUT2D eigenvalue weighted by molar-refractivity contribution is -0.127. The quantitative estimate of drug-likeness (QED) is 0.204. The number of rotatable bonds is 13. The number of benzene rings is 2. The van der Waals surface area contributed by atoms with Gasteiger partial charge in [-0.15, -0.1) is 0 Å². The number of carbonyl (C=O) groups excluding carboxylic acids is 3. The van der Waals surface area contributed by atoms with E-state index in [1.54, 1.807) is 6.07 Å². The minimum atomic E-state index is -2.43. The molecular formula is C34H35F3N4O6. The number of nitrogens with zero attached hydrogens (tertiary/aromatic N) is 3. The smallest absolute Gasteiger partial charge is 0.409 e. The number of pyridine rings is 1. The first-order valence-electron chi connectivity index (χ1n) is 15.4. The van der Waals surface area contributed by atoms with Gasteiger partial charge in [0.15, 0.2) is 11.9 Å². The molecule has 1 N–H and O–H groups in total. The largest absolute Gasteiger partial charge is 0.486 e. The molecule has 0 radical (unpaired) electrons. The Balaban J connectivity index is 1.56. The summed E-state index contributed by atoms with van der Waals surface area (Å²) in [7, 11) is 5.77. The van der Waals surface area contributed by atoms with E-state index in [0.29, 0.717) is 22.7 Å². The number of carbonyl (C=O) groups is 3. The highest BCUT2D eigenvalue weighted by atomic mass is 19.1. The first-order chi connectivity index (χ1) is 23.0. The summed E-state index contributed by atoms with van der Waals surface area (Å²) in [5.74, 6) is -3.41. The lowest BCUT2D eigenvalue weighted by Crippen LogP contribution is -2.35. The van der Waals surface area contributed by atoms with E-state index in [-0.39, 0.29) is 30.0 Å². The molecule has 2 heterocycles. The number of ketones is 1. The fraction of sp³-hybridized carbons (Fsp3) is 0.294. The highest BCUT2D eigenvalue weighted by Gasteiger charge is 2.24. The Bertz CT molecular complexity index is 1960. The molecule has 0 saturated carbocycles. The number of amides is 2. The highest BCUT2D eigenvalue weighted by Crippen LogP contribution is 2.29. The van der Waals surface area contributed by atoms with Crippen molar-refractivity contribution < 1.29 is 39.8 Å². The minimum absolute atomic E-state index is 0.0000297. The zero-order chi connectivity index (χ0) is 36.0. The van der Waals surface area contributed by atoms with Crippen molar-refractivity contribution in [3.05, 3.63) is 112 Å². The van der Waals surface area contributed by atoms with Crippen LogP contribution in [0.1, 0.15) is 32.4 Å². The van der Waals surface area contributed by atoms with Gasteiger partial charge < -0.3 is 28.8 Å². The van der Waals surface area contributed by atoms with Gasteiger partial charge in [0, 0.05) is 77.9 Å². The summed E-state index contributed by atoms with van der Waals surface area (Å²) in [5.41, 5.74) is 0.300. The Morgan fingerprint density at radius 2 is 1.77 bits per heavy atom. The van der Waals surface area contributed by atoms with Crippen LogP contribution in [0.2, 0.25) is 0 Å². The maximum atomic E-state index is 14.5. The third-order valence-electron chi connectivity index (χ3n) is 6.91. The number of hydrogen-bond acceptors (Lipinski definition) is 6. The number of aromatic nitrogens is 2. The molecule has 0 aliphatic carbocycles. The number of allylic oxidation sites excluding steroid dienone is 1. The van der Waals surface area contributed by atoms with E-state index in [9.17, 15) is 32.3 Å². The van der Waals surface area contributed by atoms with Crippen LogP contribution >= 0.6 is 0 Å². The zero-order valence-corrected chi connectivity index (χ0v) is 26.2. The van der Waals surface area contributed by atoms with E-state index in [1.807, 2.05) is 0 Å². The van der Waals surface area contributed by atoms with Gasteiger partial charge in [0.1, 0.15) is 29.8 Å². The van der Waals surface area contributed by atoms with Gasteiger partial charge in [-0.05, 0) is 49.2 Å². The fourth-order valence-electron chi connectivity index (χ4n) is 4.45. The molecule has 2 aromatic carbocycles. The first kappa shape index (κ1) is 31.6. The van der Waals surface area contributed by atoms with Crippen molar-refractivity contribution in [1.82, 2.24) is 19.4 Å². The number of H-pyrrole nitrogens is 1. The maximum Gasteiger partial charge on any atom is 0.409 e. The van der Waals surface area contributed by atoms with Crippen LogP contribution in [0.15, 0.2) is 71.7 Å². The van der Waals surface area contributed by atoms with Crippen molar-refractivity contribution in [2.75, 3.05) is 28.2 Å². The number of likely N-dealkylation sites (N-methyl/N-ethyl adjacent to an activating group) is 1. The average Bonchev–Trinajstić information content (AvgIpc) is 3.42. The van der Waals surface area contributed by atoms with Gasteiger partial charge in [-0.1, -0.05) is 12.1 Å². The van der Waals surface area contributed by atoms with Crippen molar-refractivity contribution in [1.29, 1.82) is 0 Å². The van der Waals surface area contributed by atoms with Crippen LogP contribution in [0.4, 0.5) is 18.0 Å². The summed E-state index contributed by atoms with van der Waals surface area (Å²) in [4.78, 5) is 56.6. The summed E-state index contributed by atoms with van der Waals surface area (Å²) in [5, 5.41) is 0.401. The number of fused-ring (bicyclic) bond motifs is 1. The summed E-state index contributed by atoms with van der Waals surface area (Å²) < 4.78 is 71.1. The Hall–Kier alpha value is -5.33. The van der Waals surface area contributed by atoms with Gasteiger partial charge in [0.2, 0.25) is 5.91 Å². The molecule has 4 rings (SSSR count). The van der Waals surface area contributed by atoms with Gasteiger partial charge in [-0.25, -0.2) is 18.0 Å².